The highest BCUT2D eigenvalue weighted by Crippen LogP contribution is 2.24. The van der Waals surface area contributed by atoms with Gasteiger partial charge in [-0.3, -0.25) is 9.59 Å². The van der Waals surface area contributed by atoms with Crippen LogP contribution in [-0.4, -0.2) is 57.5 Å². The summed E-state index contributed by atoms with van der Waals surface area (Å²) in [5.74, 6) is 3.66. The lowest BCUT2D eigenvalue weighted by molar-refractivity contribution is -0.120. The number of aromatic nitrogens is 2. The van der Waals surface area contributed by atoms with E-state index in [4.69, 9.17) is 0 Å². The molecule has 2 fully saturated rings. The number of piperidine rings is 1. The van der Waals surface area contributed by atoms with Crippen molar-refractivity contribution in [2.45, 2.75) is 24.1 Å². The minimum Gasteiger partial charge on any atom is -0.351 e. The van der Waals surface area contributed by atoms with Crippen LogP contribution in [0.1, 0.15) is 12.8 Å². The largest absolute Gasteiger partial charge is 0.351 e. The van der Waals surface area contributed by atoms with E-state index in [9.17, 15) is 9.59 Å². The van der Waals surface area contributed by atoms with E-state index in [1.165, 1.54) is 6.20 Å². The first-order chi connectivity index (χ1) is 10.7. The molecule has 22 heavy (non-hydrogen) atoms. The fourth-order valence-corrected chi connectivity index (χ4v) is 5.36. The molecule has 0 radical (unpaired) electrons. The number of hydrogen-bond donors (Lipinski definition) is 2. The summed E-state index contributed by atoms with van der Waals surface area (Å²) in [5.41, 5.74) is -0.172. The van der Waals surface area contributed by atoms with E-state index in [2.05, 4.69) is 15.3 Å². The van der Waals surface area contributed by atoms with Crippen LogP contribution in [-0.2, 0) is 4.79 Å². The average molecular weight is 340 g/mol. The van der Waals surface area contributed by atoms with E-state index in [0.29, 0.717) is 12.4 Å². The van der Waals surface area contributed by atoms with E-state index >= 15 is 0 Å². The Morgan fingerprint density at radius 2 is 2.36 bits per heavy atom. The quantitative estimate of drug-likeness (QED) is 0.844. The predicted molar refractivity (Wildman–Crippen MR) is 91.8 cm³/mol. The van der Waals surface area contributed by atoms with Gasteiger partial charge in [0.1, 0.15) is 0 Å². The Hall–Kier alpha value is -1.15. The van der Waals surface area contributed by atoms with Crippen LogP contribution in [0.15, 0.2) is 17.2 Å². The summed E-state index contributed by atoms with van der Waals surface area (Å²) in [4.78, 5) is 33.0. The van der Waals surface area contributed by atoms with Crippen LogP contribution in [0, 0.1) is 0 Å². The zero-order valence-corrected chi connectivity index (χ0v) is 13.9. The van der Waals surface area contributed by atoms with Crippen molar-refractivity contribution in [1.82, 2.24) is 15.3 Å². The highest BCUT2D eigenvalue weighted by atomic mass is 32.2. The Morgan fingerprint density at radius 3 is 3.14 bits per heavy atom. The summed E-state index contributed by atoms with van der Waals surface area (Å²) in [6, 6.07) is 0.0928. The molecule has 1 aromatic rings. The molecular weight excluding hydrogens is 320 g/mol. The Labute approximate surface area is 137 Å². The topological polar surface area (TPSA) is 78.1 Å². The summed E-state index contributed by atoms with van der Waals surface area (Å²) in [7, 11) is 0. The number of aromatic amines is 1. The van der Waals surface area contributed by atoms with Crippen LogP contribution < -0.4 is 15.8 Å². The molecule has 1 amide bonds. The monoisotopic (exact) mass is 340 g/mol. The number of carbonyl (C=O) groups is 1. The molecule has 3 rings (SSSR count). The third kappa shape index (κ3) is 3.78. The van der Waals surface area contributed by atoms with Gasteiger partial charge in [0.15, 0.2) is 5.82 Å². The smallest absolute Gasteiger partial charge is 0.290 e. The number of carbonyl (C=O) groups excluding carboxylic acids is 1. The van der Waals surface area contributed by atoms with Gasteiger partial charge >= 0.3 is 0 Å². The van der Waals surface area contributed by atoms with Crippen LogP contribution in [0.2, 0.25) is 0 Å². The number of thioether (sulfide) groups is 2. The van der Waals surface area contributed by atoms with E-state index in [1.807, 2.05) is 16.7 Å². The average Bonchev–Trinajstić information content (AvgIpc) is 2.56. The number of anilines is 1. The Bertz CT molecular complexity index is 574. The minimum absolute atomic E-state index is 0.0624. The van der Waals surface area contributed by atoms with Gasteiger partial charge in [-0.1, -0.05) is 0 Å². The first-order valence-electron chi connectivity index (χ1n) is 7.52. The highest BCUT2D eigenvalue weighted by Gasteiger charge is 2.27. The van der Waals surface area contributed by atoms with Gasteiger partial charge in [-0.05, 0) is 12.8 Å². The van der Waals surface area contributed by atoms with E-state index in [-0.39, 0.29) is 22.8 Å². The fraction of sp³-hybridized carbons (Fsp3) is 0.643. The Kier molecular flexibility index (Phi) is 5.30. The second kappa shape index (κ2) is 7.41. The van der Waals surface area contributed by atoms with Crippen molar-refractivity contribution >= 4 is 35.2 Å². The first kappa shape index (κ1) is 15.7. The molecule has 8 heteroatoms. The molecule has 120 valence electrons. The van der Waals surface area contributed by atoms with E-state index in [0.717, 1.165) is 36.6 Å². The lowest BCUT2D eigenvalue weighted by Crippen LogP contribution is -2.51. The van der Waals surface area contributed by atoms with Gasteiger partial charge in [0.2, 0.25) is 5.91 Å². The van der Waals surface area contributed by atoms with Gasteiger partial charge in [0.05, 0.1) is 5.25 Å². The third-order valence-electron chi connectivity index (χ3n) is 3.86. The molecule has 6 nitrogen and oxygen atoms in total. The zero-order chi connectivity index (χ0) is 15.4. The second-order valence-electron chi connectivity index (χ2n) is 5.47. The molecule has 0 bridgehead atoms. The summed E-state index contributed by atoms with van der Waals surface area (Å²) >= 11 is 3.59. The molecular formula is C14H20N4O2S2. The number of nitrogens with one attached hydrogen (secondary N) is 2. The minimum atomic E-state index is -0.172. The SMILES string of the molecule is O=C(N[C@@H]1CCCN(c2ncc[nH]c2=O)C1)[C@@H]1CSCCS1. The van der Waals surface area contributed by atoms with Gasteiger partial charge in [0.25, 0.3) is 5.56 Å². The van der Waals surface area contributed by atoms with Crippen molar-refractivity contribution < 1.29 is 4.79 Å². The van der Waals surface area contributed by atoms with Crippen molar-refractivity contribution in [2.75, 3.05) is 35.2 Å². The molecule has 0 unspecified atom stereocenters. The van der Waals surface area contributed by atoms with Crippen LogP contribution in [0.5, 0.6) is 0 Å². The van der Waals surface area contributed by atoms with Crippen molar-refractivity contribution in [3.8, 4) is 0 Å². The maximum Gasteiger partial charge on any atom is 0.290 e. The van der Waals surface area contributed by atoms with Gasteiger partial charge in [-0.2, -0.15) is 11.8 Å². The Balaban J connectivity index is 1.60. The zero-order valence-electron chi connectivity index (χ0n) is 12.3. The summed E-state index contributed by atoms with van der Waals surface area (Å²) in [5, 5.41) is 3.22. The molecule has 2 N–H and O–H groups in total. The van der Waals surface area contributed by atoms with Crippen LogP contribution in [0.3, 0.4) is 0 Å². The first-order valence-corrected chi connectivity index (χ1v) is 9.73. The van der Waals surface area contributed by atoms with Gasteiger partial charge in [-0.25, -0.2) is 4.98 Å². The number of rotatable bonds is 3. The highest BCUT2D eigenvalue weighted by molar-refractivity contribution is 8.07. The van der Waals surface area contributed by atoms with E-state index in [1.54, 1.807) is 18.0 Å². The molecule has 1 aromatic heterocycles. The lowest BCUT2D eigenvalue weighted by atomic mass is 10.1. The van der Waals surface area contributed by atoms with Crippen molar-refractivity contribution in [1.29, 1.82) is 0 Å². The maximum atomic E-state index is 12.3. The molecule has 2 saturated heterocycles. The predicted octanol–water partition coefficient (Wildman–Crippen LogP) is 0.703. The van der Waals surface area contributed by atoms with Gasteiger partial charge in [-0.15, -0.1) is 11.8 Å². The van der Waals surface area contributed by atoms with Gasteiger partial charge < -0.3 is 15.2 Å². The van der Waals surface area contributed by atoms with Crippen LogP contribution in [0.4, 0.5) is 5.82 Å². The number of H-pyrrole nitrogens is 1. The molecule has 0 spiro atoms. The summed E-state index contributed by atoms with van der Waals surface area (Å²) in [6.07, 6.45) is 5.03. The number of nitrogens with zero attached hydrogens (tertiary/aromatic N) is 2. The van der Waals surface area contributed by atoms with Crippen molar-refractivity contribution in [3.05, 3.63) is 22.7 Å². The van der Waals surface area contributed by atoms with E-state index < -0.39 is 0 Å². The standard InChI is InChI=1S/C14H20N4O2S2/c19-13(11-9-21-6-7-22-11)17-10-2-1-5-18(8-10)12-14(20)16-4-3-15-12/h3-4,10-11H,1-2,5-9H2,(H,16,20)(H,17,19)/t10-,11+/m1/s1. The van der Waals surface area contributed by atoms with Gasteiger partial charge in [0, 0.05) is 48.8 Å². The summed E-state index contributed by atoms with van der Waals surface area (Å²) in [6.45, 7) is 1.46. The fourth-order valence-electron chi connectivity index (χ4n) is 2.79. The molecule has 0 saturated carbocycles. The number of hydrogen-bond acceptors (Lipinski definition) is 6. The van der Waals surface area contributed by atoms with Crippen LogP contribution in [0.25, 0.3) is 0 Å². The Morgan fingerprint density at radius 1 is 1.45 bits per heavy atom. The second-order valence-corrected chi connectivity index (χ2v) is 7.93. The van der Waals surface area contributed by atoms with Crippen LogP contribution >= 0.6 is 23.5 Å². The molecule has 2 atom stereocenters. The molecule has 2 aliphatic heterocycles. The number of amides is 1. The molecule has 0 aromatic carbocycles. The molecule has 2 aliphatic rings. The third-order valence-corrected chi connectivity index (χ3v) is 6.62. The maximum absolute atomic E-state index is 12.3. The van der Waals surface area contributed by atoms with Crippen molar-refractivity contribution in [3.63, 3.8) is 0 Å². The lowest BCUT2D eigenvalue weighted by Gasteiger charge is -2.34. The molecule has 0 aliphatic carbocycles. The molecule has 3 heterocycles. The normalized spacial score (nSPS) is 25.7. The summed E-state index contributed by atoms with van der Waals surface area (Å²) < 4.78 is 0. The van der Waals surface area contributed by atoms with Crippen molar-refractivity contribution in [2.24, 2.45) is 0 Å².